The zero-order chi connectivity index (χ0) is 17.5. The zero-order valence-electron chi connectivity index (χ0n) is 13.5. The Morgan fingerprint density at radius 2 is 1.75 bits per heavy atom. The van der Waals surface area contributed by atoms with E-state index in [0.29, 0.717) is 11.3 Å². The molecule has 2 amide bonds. The average molecular weight is 438 g/mol. The quantitative estimate of drug-likeness (QED) is 0.557. The summed E-state index contributed by atoms with van der Waals surface area (Å²) in [5.41, 5.74) is 6.49. The van der Waals surface area contributed by atoms with Gasteiger partial charge in [0.05, 0.1) is 5.56 Å². The van der Waals surface area contributed by atoms with E-state index in [0.717, 1.165) is 9.99 Å². The lowest BCUT2D eigenvalue weighted by Crippen LogP contribution is -2.47. The van der Waals surface area contributed by atoms with Crippen molar-refractivity contribution < 1.29 is 14.3 Å². The molecule has 0 aliphatic rings. The van der Waals surface area contributed by atoms with Gasteiger partial charge in [-0.25, -0.2) is 0 Å². The topological polar surface area (TPSA) is 67.4 Å². The Balaban J connectivity index is 1.87. The fraction of sp³-hybridized carbons (Fsp3) is 0.222. The minimum atomic E-state index is -0.729. The molecule has 0 fully saturated rings. The highest BCUT2D eigenvalue weighted by atomic mass is 127. The number of rotatable bonds is 5. The van der Waals surface area contributed by atoms with Crippen molar-refractivity contribution in [1.82, 2.24) is 10.9 Å². The van der Waals surface area contributed by atoms with Gasteiger partial charge in [-0.2, -0.15) is 0 Å². The van der Waals surface area contributed by atoms with Crippen LogP contribution in [0.2, 0.25) is 0 Å². The Hall–Kier alpha value is -2.09. The molecule has 6 heteroatoms. The Kier molecular flexibility index (Phi) is 6.60. The number of amides is 2. The molecule has 0 aromatic heterocycles. The van der Waals surface area contributed by atoms with E-state index in [1.54, 1.807) is 19.1 Å². The minimum absolute atomic E-state index is 0.368. The van der Waals surface area contributed by atoms with Gasteiger partial charge in [0, 0.05) is 3.57 Å². The largest absolute Gasteiger partial charge is 0.481 e. The molecule has 2 aromatic rings. The lowest BCUT2D eigenvalue weighted by Gasteiger charge is -2.15. The molecule has 0 aliphatic carbocycles. The predicted octanol–water partition coefficient (Wildman–Crippen LogP) is 3.08. The van der Waals surface area contributed by atoms with Crippen molar-refractivity contribution in [2.75, 3.05) is 0 Å². The molecule has 0 radical (unpaired) electrons. The molecule has 2 aromatic carbocycles. The van der Waals surface area contributed by atoms with E-state index in [9.17, 15) is 9.59 Å². The van der Waals surface area contributed by atoms with Gasteiger partial charge < -0.3 is 4.74 Å². The fourth-order valence-electron chi connectivity index (χ4n) is 1.99. The molecule has 5 nitrogen and oxygen atoms in total. The van der Waals surface area contributed by atoms with Crippen LogP contribution in [-0.4, -0.2) is 17.9 Å². The van der Waals surface area contributed by atoms with Crippen LogP contribution in [0, 0.1) is 3.57 Å². The molecular weight excluding hydrogens is 419 g/mol. The van der Waals surface area contributed by atoms with Gasteiger partial charge in [0.2, 0.25) is 0 Å². The molecule has 24 heavy (non-hydrogen) atoms. The minimum Gasteiger partial charge on any atom is -0.481 e. The fourth-order valence-corrected chi connectivity index (χ4v) is 2.63. The van der Waals surface area contributed by atoms with E-state index in [4.69, 9.17) is 4.74 Å². The molecule has 1 atom stereocenters. The average Bonchev–Trinajstić information content (AvgIpc) is 2.60. The lowest BCUT2D eigenvalue weighted by atomic mass is 10.2. The Morgan fingerprint density at radius 1 is 1.08 bits per heavy atom. The van der Waals surface area contributed by atoms with Gasteiger partial charge in [0.25, 0.3) is 11.8 Å². The van der Waals surface area contributed by atoms with Crippen LogP contribution in [0.25, 0.3) is 0 Å². The molecule has 0 aliphatic heterocycles. The number of ether oxygens (including phenoxy) is 1. The number of carbonyl (C=O) groups excluding carboxylic acids is 2. The second kappa shape index (κ2) is 8.68. The molecule has 0 saturated carbocycles. The lowest BCUT2D eigenvalue weighted by molar-refractivity contribution is -0.128. The van der Waals surface area contributed by atoms with Crippen LogP contribution in [0.4, 0.5) is 0 Å². The maximum atomic E-state index is 12.0. The summed E-state index contributed by atoms with van der Waals surface area (Å²) in [6.45, 7) is 3.70. The van der Waals surface area contributed by atoms with Gasteiger partial charge in [0.1, 0.15) is 5.75 Å². The Labute approximate surface area is 154 Å². The second-order valence-corrected chi connectivity index (χ2v) is 6.34. The molecule has 0 spiro atoms. The zero-order valence-corrected chi connectivity index (χ0v) is 15.7. The van der Waals surface area contributed by atoms with Crippen molar-refractivity contribution in [1.29, 1.82) is 0 Å². The number of aryl methyl sites for hydroxylation is 1. The number of hydrazine groups is 1. The van der Waals surface area contributed by atoms with Crippen LogP contribution in [0.3, 0.4) is 0 Å². The summed E-state index contributed by atoms with van der Waals surface area (Å²) < 4.78 is 6.38. The summed E-state index contributed by atoms with van der Waals surface area (Å²) in [5, 5.41) is 0. The number of halogens is 1. The van der Waals surface area contributed by atoms with Gasteiger partial charge in [0.15, 0.2) is 6.10 Å². The van der Waals surface area contributed by atoms with Crippen molar-refractivity contribution in [3.8, 4) is 5.75 Å². The molecular formula is C18H19IN2O3. The van der Waals surface area contributed by atoms with E-state index >= 15 is 0 Å². The summed E-state index contributed by atoms with van der Waals surface area (Å²) in [4.78, 5) is 24.1. The summed E-state index contributed by atoms with van der Waals surface area (Å²) in [5.74, 6) is -0.180. The van der Waals surface area contributed by atoms with Crippen molar-refractivity contribution in [2.24, 2.45) is 0 Å². The van der Waals surface area contributed by atoms with E-state index in [2.05, 4.69) is 40.4 Å². The van der Waals surface area contributed by atoms with Crippen molar-refractivity contribution in [3.63, 3.8) is 0 Å². The first-order valence-corrected chi connectivity index (χ1v) is 8.69. The standard InChI is InChI=1S/C18H19IN2O3/c1-3-13-8-10-14(11-9-13)24-12(2)17(22)20-21-18(23)15-6-4-5-7-16(15)19/h4-12H,3H2,1-2H3,(H,20,22)(H,21,23). The van der Waals surface area contributed by atoms with Crippen LogP contribution in [0.5, 0.6) is 5.75 Å². The number of carbonyl (C=O) groups is 2. The number of nitrogens with one attached hydrogen (secondary N) is 2. The molecule has 0 bridgehead atoms. The SMILES string of the molecule is CCc1ccc(OC(C)C(=O)NNC(=O)c2ccccc2I)cc1. The summed E-state index contributed by atoms with van der Waals surface area (Å²) >= 11 is 2.07. The van der Waals surface area contributed by atoms with Gasteiger partial charge >= 0.3 is 0 Å². The van der Waals surface area contributed by atoms with E-state index in [-0.39, 0.29) is 5.91 Å². The van der Waals surface area contributed by atoms with Crippen LogP contribution in [0.1, 0.15) is 29.8 Å². The third kappa shape index (κ3) is 4.95. The second-order valence-electron chi connectivity index (χ2n) is 5.18. The van der Waals surface area contributed by atoms with E-state index in [1.807, 2.05) is 36.4 Å². The highest BCUT2D eigenvalue weighted by molar-refractivity contribution is 14.1. The van der Waals surface area contributed by atoms with Crippen molar-refractivity contribution >= 4 is 34.4 Å². The van der Waals surface area contributed by atoms with E-state index < -0.39 is 12.0 Å². The van der Waals surface area contributed by atoms with Gasteiger partial charge in [-0.1, -0.05) is 31.2 Å². The monoisotopic (exact) mass is 438 g/mol. The Bertz CT molecular complexity index is 716. The van der Waals surface area contributed by atoms with Gasteiger partial charge in [-0.15, -0.1) is 0 Å². The summed E-state index contributed by atoms with van der Waals surface area (Å²) in [7, 11) is 0. The van der Waals surface area contributed by atoms with E-state index in [1.165, 1.54) is 5.56 Å². The number of hydrogen-bond acceptors (Lipinski definition) is 3. The first-order chi connectivity index (χ1) is 11.5. The van der Waals surface area contributed by atoms with Crippen LogP contribution in [-0.2, 0) is 11.2 Å². The van der Waals surface area contributed by atoms with Crippen LogP contribution in [0.15, 0.2) is 48.5 Å². The molecule has 126 valence electrons. The number of hydrogen-bond donors (Lipinski definition) is 2. The molecule has 0 heterocycles. The predicted molar refractivity (Wildman–Crippen MR) is 101 cm³/mol. The van der Waals surface area contributed by atoms with Crippen LogP contribution < -0.4 is 15.6 Å². The summed E-state index contributed by atoms with van der Waals surface area (Å²) in [6, 6.07) is 14.7. The highest BCUT2D eigenvalue weighted by Gasteiger charge is 2.16. The highest BCUT2D eigenvalue weighted by Crippen LogP contribution is 2.14. The normalized spacial score (nSPS) is 11.5. The van der Waals surface area contributed by atoms with Crippen molar-refractivity contribution in [3.05, 3.63) is 63.2 Å². The molecule has 2 rings (SSSR count). The van der Waals surface area contributed by atoms with Crippen LogP contribution >= 0.6 is 22.6 Å². The summed E-state index contributed by atoms with van der Waals surface area (Å²) in [6.07, 6.45) is 0.216. The molecule has 1 unspecified atom stereocenters. The maximum Gasteiger partial charge on any atom is 0.279 e. The van der Waals surface area contributed by atoms with Gasteiger partial charge in [-0.05, 0) is 65.8 Å². The third-order valence-corrected chi connectivity index (χ3v) is 4.37. The third-order valence-electron chi connectivity index (χ3n) is 3.43. The van der Waals surface area contributed by atoms with Crippen molar-refractivity contribution in [2.45, 2.75) is 26.4 Å². The maximum absolute atomic E-state index is 12.0. The number of benzene rings is 2. The Morgan fingerprint density at radius 3 is 2.38 bits per heavy atom. The molecule has 0 saturated heterocycles. The first-order valence-electron chi connectivity index (χ1n) is 7.61. The first kappa shape index (κ1) is 18.3. The van der Waals surface area contributed by atoms with Gasteiger partial charge in [-0.3, -0.25) is 20.4 Å². The smallest absolute Gasteiger partial charge is 0.279 e. The molecule has 2 N–H and O–H groups in total.